The van der Waals surface area contributed by atoms with Gasteiger partial charge in [0.15, 0.2) is 6.61 Å². The summed E-state index contributed by atoms with van der Waals surface area (Å²) in [5.41, 5.74) is 3.94. The molecule has 0 saturated carbocycles. The normalized spacial score (nSPS) is 14.6. The lowest BCUT2D eigenvalue weighted by molar-refractivity contribution is -0.124. The van der Waals surface area contributed by atoms with Gasteiger partial charge in [-0.25, -0.2) is 0 Å². The number of carbonyl (C=O) groups excluding carboxylic acids is 1. The lowest BCUT2D eigenvalue weighted by Gasteiger charge is -2.21. The van der Waals surface area contributed by atoms with Gasteiger partial charge in [0, 0.05) is 0 Å². The maximum absolute atomic E-state index is 12.4. The first kappa shape index (κ1) is 18.5. The summed E-state index contributed by atoms with van der Waals surface area (Å²) in [5, 5.41) is 3.13. The molecule has 138 valence electrons. The molecule has 1 N–H and O–H groups in total. The molecule has 0 saturated heterocycles. The van der Waals surface area contributed by atoms with Gasteiger partial charge in [0.25, 0.3) is 5.91 Å². The highest BCUT2D eigenvalue weighted by atomic mass is 16.5. The molecule has 0 heterocycles. The number of amides is 1. The Bertz CT molecular complexity index is 724. The molecular formula is C23H29NO2. The highest BCUT2D eigenvalue weighted by molar-refractivity contribution is 5.78. The second kappa shape index (κ2) is 8.88. The van der Waals surface area contributed by atoms with Crippen molar-refractivity contribution in [2.45, 2.75) is 52.0 Å². The van der Waals surface area contributed by atoms with Crippen LogP contribution in [0.3, 0.4) is 0 Å². The van der Waals surface area contributed by atoms with E-state index in [1.165, 1.54) is 24.0 Å². The van der Waals surface area contributed by atoms with Crippen molar-refractivity contribution in [3.05, 3.63) is 65.2 Å². The van der Waals surface area contributed by atoms with Gasteiger partial charge in [0.05, 0.1) is 6.04 Å². The third-order valence-corrected chi connectivity index (χ3v) is 4.93. The van der Waals surface area contributed by atoms with Gasteiger partial charge in [-0.3, -0.25) is 4.79 Å². The molecule has 1 atom stereocenters. The van der Waals surface area contributed by atoms with E-state index < -0.39 is 0 Å². The van der Waals surface area contributed by atoms with Crippen LogP contribution in [0.4, 0.5) is 0 Å². The molecule has 1 amide bonds. The van der Waals surface area contributed by atoms with E-state index in [0.29, 0.717) is 5.92 Å². The Balaban J connectivity index is 1.58. The van der Waals surface area contributed by atoms with E-state index in [1.807, 2.05) is 24.3 Å². The summed E-state index contributed by atoms with van der Waals surface area (Å²) in [4.78, 5) is 12.4. The maximum atomic E-state index is 12.4. The molecule has 0 unspecified atom stereocenters. The first-order chi connectivity index (χ1) is 12.6. The van der Waals surface area contributed by atoms with Crippen molar-refractivity contribution in [1.29, 1.82) is 0 Å². The first-order valence-corrected chi connectivity index (χ1v) is 9.70. The minimum Gasteiger partial charge on any atom is -0.484 e. The van der Waals surface area contributed by atoms with Crippen molar-refractivity contribution in [1.82, 2.24) is 5.32 Å². The van der Waals surface area contributed by atoms with Crippen LogP contribution in [0.25, 0.3) is 0 Å². The molecule has 2 aromatic rings. The van der Waals surface area contributed by atoms with Gasteiger partial charge in [-0.2, -0.15) is 0 Å². The van der Waals surface area contributed by atoms with Gasteiger partial charge in [0.1, 0.15) is 5.75 Å². The largest absolute Gasteiger partial charge is 0.484 e. The van der Waals surface area contributed by atoms with Gasteiger partial charge in [0.2, 0.25) is 0 Å². The van der Waals surface area contributed by atoms with Crippen LogP contribution in [0.15, 0.2) is 48.5 Å². The third-order valence-electron chi connectivity index (χ3n) is 4.93. The summed E-state index contributed by atoms with van der Waals surface area (Å²) < 4.78 is 5.76. The Kier molecular flexibility index (Phi) is 6.32. The molecule has 0 radical (unpaired) electrons. The molecule has 0 aromatic heterocycles. The minimum absolute atomic E-state index is 0.0239. The summed E-state index contributed by atoms with van der Waals surface area (Å²) in [6, 6.07) is 16.4. The fourth-order valence-corrected chi connectivity index (χ4v) is 3.62. The number of nitrogens with one attached hydrogen (secondary N) is 1. The van der Waals surface area contributed by atoms with Crippen LogP contribution >= 0.6 is 0 Å². The fraction of sp³-hybridized carbons (Fsp3) is 0.435. The van der Waals surface area contributed by atoms with E-state index in [4.69, 9.17) is 4.74 Å². The van der Waals surface area contributed by atoms with Crippen molar-refractivity contribution in [2.24, 2.45) is 5.92 Å². The summed E-state index contributed by atoms with van der Waals surface area (Å²) in [5.74, 6) is 1.22. The highest BCUT2D eigenvalue weighted by Crippen LogP contribution is 2.25. The van der Waals surface area contributed by atoms with E-state index in [1.54, 1.807) is 0 Å². The van der Waals surface area contributed by atoms with E-state index >= 15 is 0 Å². The fourth-order valence-electron chi connectivity index (χ4n) is 3.62. The van der Waals surface area contributed by atoms with Crippen LogP contribution in [0.1, 0.15) is 55.8 Å². The van der Waals surface area contributed by atoms with E-state index in [0.717, 1.165) is 30.6 Å². The Morgan fingerprint density at radius 3 is 2.50 bits per heavy atom. The molecule has 3 nitrogen and oxygen atoms in total. The van der Waals surface area contributed by atoms with Crippen LogP contribution in [-0.2, 0) is 17.6 Å². The van der Waals surface area contributed by atoms with E-state index in [9.17, 15) is 4.79 Å². The Morgan fingerprint density at radius 2 is 1.77 bits per heavy atom. The lowest BCUT2D eigenvalue weighted by atomic mass is 9.92. The average molecular weight is 351 g/mol. The molecule has 0 fully saturated rings. The zero-order valence-electron chi connectivity index (χ0n) is 15.8. The average Bonchev–Trinajstić information content (AvgIpc) is 2.66. The van der Waals surface area contributed by atoms with Gasteiger partial charge >= 0.3 is 0 Å². The van der Waals surface area contributed by atoms with Crippen LogP contribution in [0, 0.1) is 5.92 Å². The van der Waals surface area contributed by atoms with Crippen molar-refractivity contribution in [3.8, 4) is 5.75 Å². The van der Waals surface area contributed by atoms with E-state index in [-0.39, 0.29) is 18.6 Å². The second-order valence-electron chi connectivity index (χ2n) is 7.59. The molecule has 3 heteroatoms. The minimum atomic E-state index is -0.0720. The number of hydrogen-bond acceptors (Lipinski definition) is 2. The molecule has 1 aliphatic rings. The van der Waals surface area contributed by atoms with Crippen LogP contribution in [0.2, 0.25) is 0 Å². The lowest BCUT2D eigenvalue weighted by Crippen LogP contribution is -2.33. The Hall–Kier alpha value is -2.29. The monoisotopic (exact) mass is 351 g/mol. The summed E-state index contributed by atoms with van der Waals surface area (Å²) >= 11 is 0. The molecule has 0 spiro atoms. The number of hydrogen-bond donors (Lipinski definition) is 1. The maximum Gasteiger partial charge on any atom is 0.258 e. The van der Waals surface area contributed by atoms with E-state index in [2.05, 4.69) is 43.4 Å². The van der Waals surface area contributed by atoms with Gasteiger partial charge in [-0.05, 0) is 66.8 Å². The zero-order valence-corrected chi connectivity index (χ0v) is 15.8. The SMILES string of the molecule is CC(C)C[C@H](NC(=O)COc1ccc2c(c1)CCCC2)c1ccccc1. The van der Waals surface area contributed by atoms with Crippen molar-refractivity contribution in [3.63, 3.8) is 0 Å². The topological polar surface area (TPSA) is 38.3 Å². The predicted octanol–water partition coefficient (Wildman–Crippen LogP) is 4.85. The quantitative estimate of drug-likeness (QED) is 0.774. The number of aryl methyl sites for hydroxylation is 2. The van der Waals surface area contributed by atoms with Crippen molar-refractivity contribution < 1.29 is 9.53 Å². The number of fused-ring (bicyclic) bond motifs is 1. The van der Waals surface area contributed by atoms with Crippen molar-refractivity contribution >= 4 is 5.91 Å². The molecule has 1 aliphatic carbocycles. The summed E-state index contributed by atoms with van der Waals surface area (Å²) in [6.45, 7) is 4.40. The van der Waals surface area contributed by atoms with Crippen LogP contribution in [0.5, 0.6) is 5.75 Å². The van der Waals surface area contributed by atoms with Gasteiger partial charge in [-0.15, -0.1) is 0 Å². The second-order valence-corrected chi connectivity index (χ2v) is 7.59. The molecule has 26 heavy (non-hydrogen) atoms. The molecule has 2 aromatic carbocycles. The Labute approximate surface area is 156 Å². The molecular weight excluding hydrogens is 322 g/mol. The number of ether oxygens (including phenoxy) is 1. The van der Waals surface area contributed by atoms with Gasteiger partial charge < -0.3 is 10.1 Å². The standard InChI is InChI=1S/C23H29NO2/c1-17(2)14-22(19-9-4-3-5-10-19)24-23(25)16-26-21-13-12-18-8-6-7-11-20(18)15-21/h3-5,9-10,12-13,15,17,22H,6-8,11,14,16H2,1-2H3,(H,24,25)/t22-/m0/s1. The van der Waals surface area contributed by atoms with Crippen LogP contribution < -0.4 is 10.1 Å². The Morgan fingerprint density at radius 1 is 1.04 bits per heavy atom. The van der Waals surface area contributed by atoms with Crippen molar-refractivity contribution in [2.75, 3.05) is 6.61 Å². The van der Waals surface area contributed by atoms with Crippen LogP contribution in [-0.4, -0.2) is 12.5 Å². The van der Waals surface area contributed by atoms with Gasteiger partial charge in [-0.1, -0.05) is 50.2 Å². The summed E-state index contributed by atoms with van der Waals surface area (Å²) in [7, 11) is 0. The zero-order chi connectivity index (χ0) is 18.4. The summed E-state index contributed by atoms with van der Waals surface area (Å²) in [6.07, 6.45) is 5.69. The highest BCUT2D eigenvalue weighted by Gasteiger charge is 2.17. The first-order valence-electron chi connectivity index (χ1n) is 9.70. The molecule has 0 bridgehead atoms. The number of benzene rings is 2. The third kappa shape index (κ3) is 5.10. The predicted molar refractivity (Wildman–Crippen MR) is 105 cm³/mol. The number of carbonyl (C=O) groups is 1. The number of rotatable bonds is 7. The smallest absolute Gasteiger partial charge is 0.258 e. The molecule has 0 aliphatic heterocycles. The molecule has 3 rings (SSSR count).